The number of hydrogen-bond acceptors (Lipinski definition) is 2. The number of likely N-dealkylation sites (N-methyl/N-ethyl adjacent to an activating group) is 1. The maximum Gasteiger partial charge on any atom is 0.0481 e. The molecule has 2 nitrogen and oxygen atoms in total. The van der Waals surface area contributed by atoms with Crippen LogP contribution in [0.5, 0.6) is 0 Å². The molecule has 2 unspecified atom stereocenters. The maximum absolute atomic E-state index is 3.55. The monoisotopic (exact) mass is 244 g/mol. The van der Waals surface area contributed by atoms with Crippen LogP contribution in [0.4, 0.5) is 0 Å². The number of nitrogens with zero attached hydrogens (tertiary/aromatic N) is 1. The molecule has 1 aromatic rings. The molecule has 18 heavy (non-hydrogen) atoms. The average Bonchev–Trinajstić information content (AvgIpc) is 3.16. The van der Waals surface area contributed by atoms with Crippen LogP contribution in [-0.4, -0.2) is 30.6 Å². The lowest BCUT2D eigenvalue weighted by Crippen LogP contribution is -2.43. The van der Waals surface area contributed by atoms with Gasteiger partial charge in [-0.15, -0.1) is 0 Å². The van der Waals surface area contributed by atoms with E-state index in [1.54, 1.807) is 5.56 Å². The van der Waals surface area contributed by atoms with Crippen molar-refractivity contribution in [2.24, 2.45) is 0 Å². The topological polar surface area (TPSA) is 15.3 Å². The molecule has 1 fully saturated rings. The predicted octanol–water partition coefficient (Wildman–Crippen LogP) is 2.75. The van der Waals surface area contributed by atoms with Crippen molar-refractivity contribution in [3.63, 3.8) is 0 Å². The van der Waals surface area contributed by atoms with Crippen LogP contribution in [0.15, 0.2) is 24.3 Å². The molecule has 0 aliphatic heterocycles. The molecular formula is C16H24N2. The standard InChI is InChI=1S/C16H24N2/c1-3-10-18(13-8-9-13)15-11-12-6-4-5-7-14(12)16(15)17-2/h4-7,13,15-17H,3,8-11H2,1-2H3. The van der Waals surface area contributed by atoms with E-state index in [-0.39, 0.29) is 0 Å². The lowest BCUT2D eigenvalue weighted by Gasteiger charge is -2.33. The second-order valence-electron chi connectivity index (χ2n) is 5.71. The van der Waals surface area contributed by atoms with Gasteiger partial charge in [0.25, 0.3) is 0 Å². The third-order valence-electron chi connectivity index (χ3n) is 4.44. The molecule has 2 heteroatoms. The van der Waals surface area contributed by atoms with Crippen molar-refractivity contribution < 1.29 is 0 Å². The normalized spacial score (nSPS) is 26.6. The molecule has 1 aromatic carbocycles. The Hall–Kier alpha value is -0.860. The minimum Gasteiger partial charge on any atom is -0.312 e. The van der Waals surface area contributed by atoms with Gasteiger partial charge in [-0.25, -0.2) is 0 Å². The summed E-state index contributed by atoms with van der Waals surface area (Å²) in [4.78, 5) is 2.77. The molecule has 0 saturated heterocycles. The Balaban J connectivity index is 1.85. The summed E-state index contributed by atoms with van der Waals surface area (Å²) in [5.41, 5.74) is 3.07. The molecule has 0 bridgehead atoms. The highest BCUT2D eigenvalue weighted by molar-refractivity contribution is 5.37. The van der Waals surface area contributed by atoms with Crippen LogP contribution >= 0.6 is 0 Å². The van der Waals surface area contributed by atoms with Crippen molar-refractivity contribution in [3.8, 4) is 0 Å². The molecule has 2 atom stereocenters. The van der Waals surface area contributed by atoms with E-state index in [9.17, 15) is 0 Å². The number of rotatable bonds is 5. The number of benzene rings is 1. The summed E-state index contributed by atoms with van der Waals surface area (Å²) in [5, 5.41) is 3.55. The first-order valence-electron chi connectivity index (χ1n) is 7.36. The van der Waals surface area contributed by atoms with Gasteiger partial charge in [0.2, 0.25) is 0 Å². The highest BCUT2D eigenvalue weighted by Crippen LogP contribution is 2.39. The number of nitrogens with one attached hydrogen (secondary N) is 1. The van der Waals surface area contributed by atoms with E-state index in [1.165, 1.54) is 37.8 Å². The summed E-state index contributed by atoms with van der Waals surface area (Å²) in [6.45, 7) is 3.55. The van der Waals surface area contributed by atoms with E-state index in [0.717, 1.165) is 6.04 Å². The van der Waals surface area contributed by atoms with Crippen molar-refractivity contribution >= 4 is 0 Å². The third-order valence-corrected chi connectivity index (χ3v) is 4.44. The fourth-order valence-corrected chi connectivity index (χ4v) is 3.51. The third kappa shape index (κ3) is 2.08. The Morgan fingerprint density at radius 3 is 2.72 bits per heavy atom. The molecule has 98 valence electrons. The van der Waals surface area contributed by atoms with Gasteiger partial charge in [-0.05, 0) is 50.4 Å². The van der Waals surface area contributed by atoms with Gasteiger partial charge in [-0.1, -0.05) is 31.2 Å². The van der Waals surface area contributed by atoms with Gasteiger partial charge in [0.1, 0.15) is 0 Å². The summed E-state index contributed by atoms with van der Waals surface area (Å²) in [7, 11) is 2.11. The Morgan fingerprint density at radius 1 is 1.28 bits per heavy atom. The molecule has 2 aliphatic rings. The summed E-state index contributed by atoms with van der Waals surface area (Å²) in [5.74, 6) is 0. The van der Waals surface area contributed by atoms with Crippen LogP contribution in [0, 0.1) is 0 Å². The fraction of sp³-hybridized carbons (Fsp3) is 0.625. The second kappa shape index (κ2) is 5.02. The van der Waals surface area contributed by atoms with Crippen LogP contribution in [0.1, 0.15) is 43.4 Å². The average molecular weight is 244 g/mol. The summed E-state index contributed by atoms with van der Waals surface area (Å²) >= 11 is 0. The lowest BCUT2D eigenvalue weighted by atomic mass is 10.1. The SMILES string of the molecule is CCCN(C1CC1)C1Cc2ccccc2C1NC. The highest BCUT2D eigenvalue weighted by atomic mass is 15.2. The fourth-order valence-electron chi connectivity index (χ4n) is 3.51. The van der Waals surface area contributed by atoms with Crippen molar-refractivity contribution in [3.05, 3.63) is 35.4 Å². The van der Waals surface area contributed by atoms with Crippen LogP contribution in [-0.2, 0) is 6.42 Å². The minimum atomic E-state index is 0.522. The van der Waals surface area contributed by atoms with E-state index in [0.29, 0.717) is 12.1 Å². The van der Waals surface area contributed by atoms with Crippen LogP contribution in [0.2, 0.25) is 0 Å². The Kier molecular flexibility index (Phi) is 3.40. The summed E-state index contributed by atoms with van der Waals surface area (Å²) in [6.07, 6.45) is 5.30. The van der Waals surface area contributed by atoms with Crippen LogP contribution in [0.25, 0.3) is 0 Å². The summed E-state index contributed by atoms with van der Waals surface area (Å²) in [6, 6.07) is 11.0. The van der Waals surface area contributed by atoms with Gasteiger partial charge in [-0.3, -0.25) is 4.90 Å². The predicted molar refractivity (Wildman–Crippen MR) is 75.8 cm³/mol. The van der Waals surface area contributed by atoms with Crippen molar-refractivity contribution in [1.82, 2.24) is 10.2 Å². The molecule has 0 heterocycles. The second-order valence-corrected chi connectivity index (χ2v) is 5.71. The van der Waals surface area contributed by atoms with E-state index < -0.39 is 0 Å². The van der Waals surface area contributed by atoms with Gasteiger partial charge in [0, 0.05) is 18.1 Å². The van der Waals surface area contributed by atoms with Gasteiger partial charge in [0.05, 0.1) is 0 Å². The van der Waals surface area contributed by atoms with Gasteiger partial charge >= 0.3 is 0 Å². The van der Waals surface area contributed by atoms with E-state index >= 15 is 0 Å². The molecule has 2 aliphatic carbocycles. The number of fused-ring (bicyclic) bond motifs is 1. The van der Waals surface area contributed by atoms with E-state index in [4.69, 9.17) is 0 Å². The molecule has 0 spiro atoms. The van der Waals surface area contributed by atoms with Gasteiger partial charge < -0.3 is 5.32 Å². The Bertz CT molecular complexity index is 411. The molecule has 1 N–H and O–H groups in total. The lowest BCUT2D eigenvalue weighted by molar-refractivity contribution is 0.160. The highest BCUT2D eigenvalue weighted by Gasteiger charge is 2.40. The largest absolute Gasteiger partial charge is 0.312 e. The molecular weight excluding hydrogens is 220 g/mol. The zero-order chi connectivity index (χ0) is 12.5. The van der Waals surface area contributed by atoms with Crippen LogP contribution in [0.3, 0.4) is 0 Å². The first-order chi connectivity index (χ1) is 8.85. The Morgan fingerprint density at radius 2 is 2.06 bits per heavy atom. The van der Waals surface area contributed by atoms with Gasteiger partial charge in [-0.2, -0.15) is 0 Å². The quantitative estimate of drug-likeness (QED) is 0.857. The zero-order valence-corrected chi connectivity index (χ0v) is 11.5. The van der Waals surface area contributed by atoms with Gasteiger partial charge in [0.15, 0.2) is 0 Å². The molecule has 3 rings (SSSR count). The van der Waals surface area contributed by atoms with E-state index in [1.807, 2.05) is 0 Å². The number of hydrogen-bond donors (Lipinski definition) is 1. The first-order valence-corrected chi connectivity index (χ1v) is 7.36. The van der Waals surface area contributed by atoms with Crippen LogP contribution < -0.4 is 5.32 Å². The molecule has 1 saturated carbocycles. The minimum absolute atomic E-state index is 0.522. The Labute approximate surface area is 110 Å². The molecule has 0 amide bonds. The summed E-state index contributed by atoms with van der Waals surface area (Å²) < 4.78 is 0. The van der Waals surface area contributed by atoms with Crippen molar-refractivity contribution in [2.45, 2.75) is 50.7 Å². The molecule has 0 aromatic heterocycles. The zero-order valence-electron chi connectivity index (χ0n) is 11.5. The van der Waals surface area contributed by atoms with E-state index in [2.05, 4.69) is 48.5 Å². The van der Waals surface area contributed by atoms with Crippen molar-refractivity contribution in [2.75, 3.05) is 13.6 Å². The maximum atomic E-state index is 3.55. The van der Waals surface area contributed by atoms with Crippen molar-refractivity contribution in [1.29, 1.82) is 0 Å². The smallest absolute Gasteiger partial charge is 0.0481 e. The molecule has 0 radical (unpaired) electrons. The first kappa shape index (κ1) is 12.2.